The first kappa shape index (κ1) is 17.9. The molecule has 0 unspecified atom stereocenters. The van der Waals surface area contributed by atoms with Crippen LogP contribution in [0.1, 0.15) is 26.7 Å². The molecule has 2 aromatic rings. The summed E-state index contributed by atoms with van der Waals surface area (Å²) in [7, 11) is -3.69. The third kappa shape index (κ3) is 3.70. The zero-order valence-corrected chi connectivity index (χ0v) is 15.4. The molecule has 1 amide bonds. The lowest BCUT2D eigenvalue weighted by Crippen LogP contribution is -2.46. The van der Waals surface area contributed by atoms with Crippen molar-refractivity contribution in [1.29, 1.82) is 0 Å². The Labute approximate surface area is 149 Å². The fraction of sp³-hybridized carbons (Fsp3) is 0.421. The third-order valence-electron chi connectivity index (χ3n) is 4.52. The highest BCUT2D eigenvalue weighted by Gasteiger charge is 2.39. The van der Waals surface area contributed by atoms with E-state index in [1.54, 1.807) is 12.1 Å². The zero-order valence-electron chi connectivity index (χ0n) is 14.6. The largest absolute Gasteiger partial charge is 0.354 e. The van der Waals surface area contributed by atoms with Crippen molar-refractivity contribution in [3.8, 4) is 0 Å². The van der Waals surface area contributed by atoms with Gasteiger partial charge in [0.2, 0.25) is 15.9 Å². The van der Waals surface area contributed by atoms with Crippen LogP contribution in [-0.4, -0.2) is 37.8 Å². The average Bonchev–Trinajstić information content (AvgIpc) is 3.10. The van der Waals surface area contributed by atoms with Crippen molar-refractivity contribution in [2.24, 2.45) is 5.92 Å². The summed E-state index contributed by atoms with van der Waals surface area (Å²) in [6, 6.07) is 12.2. The number of nitrogens with zero attached hydrogens (tertiary/aromatic N) is 1. The summed E-state index contributed by atoms with van der Waals surface area (Å²) in [6.07, 6.45) is 1.27. The van der Waals surface area contributed by atoms with Gasteiger partial charge in [0.05, 0.1) is 4.90 Å². The van der Waals surface area contributed by atoms with Crippen LogP contribution in [0.3, 0.4) is 0 Å². The first-order valence-corrected chi connectivity index (χ1v) is 10.1. The third-order valence-corrected chi connectivity index (χ3v) is 6.42. The van der Waals surface area contributed by atoms with E-state index in [0.29, 0.717) is 31.8 Å². The number of sulfonamides is 1. The second-order valence-corrected chi connectivity index (χ2v) is 8.81. The fourth-order valence-corrected chi connectivity index (χ4v) is 4.87. The first-order valence-electron chi connectivity index (χ1n) is 8.68. The van der Waals surface area contributed by atoms with Gasteiger partial charge in [0.1, 0.15) is 6.04 Å². The molecule has 0 spiro atoms. The molecule has 0 bridgehead atoms. The number of benzene rings is 2. The maximum atomic E-state index is 13.1. The Hall–Kier alpha value is -1.92. The number of rotatable bonds is 5. The van der Waals surface area contributed by atoms with Crippen LogP contribution in [0.15, 0.2) is 47.4 Å². The smallest absolute Gasteiger partial charge is 0.243 e. The highest BCUT2D eigenvalue weighted by Crippen LogP contribution is 2.28. The Balaban J connectivity index is 1.87. The Morgan fingerprint density at radius 2 is 1.92 bits per heavy atom. The zero-order chi connectivity index (χ0) is 18.0. The van der Waals surface area contributed by atoms with Crippen LogP contribution in [-0.2, 0) is 14.8 Å². The molecule has 1 atom stereocenters. The molecule has 0 saturated carbocycles. The average molecular weight is 360 g/mol. The van der Waals surface area contributed by atoms with Crippen LogP contribution in [0, 0.1) is 5.92 Å². The lowest BCUT2D eigenvalue weighted by molar-refractivity contribution is -0.124. The molecule has 1 saturated heterocycles. The maximum Gasteiger partial charge on any atom is 0.243 e. The summed E-state index contributed by atoms with van der Waals surface area (Å²) in [5.74, 6) is 0.131. The SMILES string of the molecule is CC(C)CNC(=O)[C@@H]1CCCN1S(=O)(=O)c1ccc2ccccc2c1. The number of hydrogen-bond acceptors (Lipinski definition) is 3. The van der Waals surface area contributed by atoms with E-state index in [0.717, 1.165) is 10.8 Å². The van der Waals surface area contributed by atoms with Gasteiger partial charge in [-0.2, -0.15) is 4.31 Å². The monoisotopic (exact) mass is 360 g/mol. The number of amides is 1. The quantitative estimate of drug-likeness (QED) is 0.892. The second-order valence-electron chi connectivity index (χ2n) is 6.92. The van der Waals surface area contributed by atoms with Crippen LogP contribution in [0.4, 0.5) is 0 Å². The normalized spacial score (nSPS) is 18.8. The van der Waals surface area contributed by atoms with Gasteiger partial charge >= 0.3 is 0 Å². The van der Waals surface area contributed by atoms with Crippen molar-refractivity contribution >= 4 is 26.7 Å². The van der Waals surface area contributed by atoms with E-state index in [1.807, 2.05) is 44.2 Å². The molecule has 0 aromatic heterocycles. The number of carbonyl (C=O) groups excluding carboxylic acids is 1. The van der Waals surface area contributed by atoms with Crippen molar-refractivity contribution in [1.82, 2.24) is 9.62 Å². The lowest BCUT2D eigenvalue weighted by Gasteiger charge is -2.24. The number of nitrogens with one attached hydrogen (secondary N) is 1. The molecule has 3 rings (SSSR count). The van der Waals surface area contributed by atoms with Crippen molar-refractivity contribution in [2.75, 3.05) is 13.1 Å². The highest BCUT2D eigenvalue weighted by molar-refractivity contribution is 7.89. The van der Waals surface area contributed by atoms with Crippen molar-refractivity contribution in [3.05, 3.63) is 42.5 Å². The topological polar surface area (TPSA) is 66.5 Å². The molecular formula is C19H24N2O3S. The van der Waals surface area contributed by atoms with Gasteiger partial charge < -0.3 is 5.32 Å². The molecule has 25 heavy (non-hydrogen) atoms. The van der Waals surface area contributed by atoms with Gasteiger partial charge in [0, 0.05) is 13.1 Å². The van der Waals surface area contributed by atoms with Crippen molar-refractivity contribution in [3.63, 3.8) is 0 Å². The van der Waals surface area contributed by atoms with Crippen LogP contribution >= 0.6 is 0 Å². The second kappa shape index (κ2) is 7.14. The molecule has 1 N–H and O–H groups in total. The molecular weight excluding hydrogens is 336 g/mol. The van der Waals surface area contributed by atoms with Gasteiger partial charge in [-0.05, 0) is 41.7 Å². The standard InChI is InChI=1S/C19H24N2O3S/c1-14(2)13-20-19(22)18-8-5-11-21(18)25(23,24)17-10-9-15-6-3-4-7-16(15)12-17/h3-4,6-7,9-10,12,14,18H,5,8,11,13H2,1-2H3,(H,20,22)/t18-/m0/s1. The van der Waals surface area contributed by atoms with Gasteiger partial charge in [-0.3, -0.25) is 4.79 Å². The van der Waals surface area contributed by atoms with E-state index in [2.05, 4.69) is 5.32 Å². The molecule has 1 aliphatic rings. The van der Waals surface area contributed by atoms with E-state index in [1.165, 1.54) is 4.31 Å². The van der Waals surface area contributed by atoms with Gasteiger partial charge in [-0.25, -0.2) is 8.42 Å². The predicted octanol–water partition coefficient (Wildman–Crippen LogP) is 2.77. The molecule has 0 aliphatic carbocycles. The van der Waals surface area contributed by atoms with E-state index in [9.17, 15) is 13.2 Å². The fourth-order valence-electron chi connectivity index (χ4n) is 3.18. The van der Waals surface area contributed by atoms with Gasteiger partial charge in [0.15, 0.2) is 0 Å². The minimum atomic E-state index is -3.69. The van der Waals surface area contributed by atoms with Gasteiger partial charge in [-0.1, -0.05) is 44.2 Å². The first-order chi connectivity index (χ1) is 11.9. The number of carbonyl (C=O) groups is 1. The molecule has 1 heterocycles. The van der Waals surface area contributed by atoms with Crippen molar-refractivity contribution < 1.29 is 13.2 Å². The van der Waals surface area contributed by atoms with Gasteiger partial charge in [-0.15, -0.1) is 0 Å². The van der Waals surface area contributed by atoms with E-state index in [4.69, 9.17) is 0 Å². The number of fused-ring (bicyclic) bond motifs is 1. The molecule has 134 valence electrons. The Kier molecular flexibility index (Phi) is 5.11. The predicted molar refractivity (Wildman–Crippen MR) is 98.7 cm³/mol. The Bertz CT molecular complexity index is 877. The van der Waals surface area contributed by atoms with Crippen LogP contribution < -0.4 is 5.32 Å². The van der Waals surface area contributed by atoms with Crippen LogP contribution in [0.5, 0.6) is 0 Å². The van der Waals surface area contributed by atoms with Crippen LogP contribution in [0.2, 0.25) is 0 Å². The van der Waals surface area contributed by atoms with E-state index < -0.39 is 16.1 Å². The molecule has 2 aromatic carbocycles. The highest BCUT2D eigenvalue weighted by atomic mass is 32.2. The van der Waals surface area contributed by atoms with E-state index in [-0.39, 0.29) is 10.8 Å². The lowest BCUT2D eigenvalue weighted by atomic mass is 10.1. The minimum Gasteiger partial charge on any atom is -0.354 e. The molecule has 5 nitrogen and oxygen atoms in total. The van der Waals surface area contributed by atoms with Gasteiger partial charge in [0.25, 0.3) is 0 Å². The summed E-state index contributed by atoms with van der Waals surface area (Å²) in [6.45, 7) is 4.96. The summed E-state index contributed by atoms with van der Waals surface area (Å²) in [5, 5.41) is 4.74. The minimum absolute atomic E-state index is 0.199. The summed E-state index contributed by atoms with van der Waals surface area (Å²) in [4.78, 5) is 12.7. The maximum absolute atomic E-state index is 13.1. The molecule has 1 aliphatic heterocycles. The molecule has 6 heteroatoms. The summed E-state index contributed by atoms with van der Waals surface area (Å²) in [5.41, 5.74) is 0. The van der Waals surface area contributed by atoms with Crippen molar-refractivity contribution in [2.45, 2.75) is 37.6 Å². The molecule has 1 fully saturated rings. The summed E-state index contributed by atoms with van der Waals surface area (Å²) >= 11 is 0. The number of hydrogen-bond donors (Lipinski definition) is 1. The Morgan fingerprint density at radius 3 is 2.64 bits per heavy atom. The van der Waals surface area contributed by atoms with E-state index >= 15 is 0 Å². The molecule has 0 radical (unpaired) electrons. The Morgan fingerprint density at radius 1 is 1.20 bits per heavy atom. The van der Waals surface area contributed by atoms with Crippen LogP contribution in [0.25, 0.3) is 10.8 Å². The summed E-state index contributed by atoms with van der Waals surface area (Å²) < 4.78 is 27.5.